The smallest absolute Gasteiger partial charge is 0.164 e. The van der Waals surface area contributed by atoms with Crippen molar-refractivity contribution < 1.29 is 0 Å². The van der Waals surface area contributed by atoms with Crippen molar-refractivity contribution >= 4 is 53.3 Å². The molecule has 54 heavy (non-hydrogen) atoms. The number of nitrogens with zero attached hydrogens (tertiary/aromatic N) is 4. The highest BCUT2D eigenvalue weighted by molar-refractivity contribution is 7.26. The summed E-state index contributed by atoms with van der Waals surface area (Å²) in [6, 6.07) is 58.4. The monoisotopic (exact) mass is 712 g/mol. The Balaban J connectivity index is 1.14. The molecule has 258 valence electrons. The Morgan fingerprint density at radius 3 is 1.93 bits per heavy atom. The van der Waals surface area contributed by atoms with Gasteiger partial charge in [0.2, 0.25) is 0 Å². The molecule has 5 heteroatoms. The van der Waals surface area contributed by atoms with E-state index in [4.69, 9.17) is 15.0 Å². The summed E-state index contributed by atoms with van der Waals surface area (Å²) in [6.07, 6.45) is 3.51. The molecule has 4 nitrogen and oxygen atoms in total. The maximum absolute atomic E-state index is 5.18. The fourth-order valence-corrected chi connectivity index (χ4v) is 8.86. The number of thiophene rings is 1. The van der Waals surface area contributed by atoms with Gasteiger partial charge < -0.3 is 4.57 Å². The molecule has 0 fully saturated rings. The van der Waals surface area contributed by atoms with Gasteiger partial charge in [0.15, 0.2) is 17.5 Å². The van der Waals surface area contributed by atoms with Crippen molar-refractivity contribution in [2.45, 2.75) is 26.2 Å². The molecule has 10 aromatic rings. The third kappa shape index (κ3) is 5.65. The molecular weight excluding hydrogens is 677 g/mol. The number of hydrogen-bond donors (Lipinski definition) is 0. The van der Waals surface area contributed by atoms with Gasteiger partial charge in [0, 0.05) is 53.3 Å². The zero-order valence-corrected chi connectivity index (χ0v) is 30.7. The third-order valence-corrected chi connectivity index (χ3v) is 11.6. The Bertz CT molecular complexity index is 2980. The summed E-state index contributed by atoms with van der Waals surface area (Å²) in [5.74, 6) is 1.93. The first kappa shape index (κ1) is 32.2. The van der Waals surface area contributed by atoms with Crippen LogP contribution in [0.15, 0.2) is 164 Å². The van der Waals surface area contributed by atoms with E-state index >= 15 is 0 Å². The molecule has 10 rings (SSSR count). The molecule has 0 unspecified atom stereocenters. The molecule has 0 saturated carbocycles. The molecule has 3 aromatic heterocycles. The van der Waals surface area contributed by atoms with Gasteiger partial charge in [-0.25, -0.2) is 15.0 Å². The zero-order valence-electron chi connectivity index (χ0n) is 29.9. The van der Waals surface area contributed by atoms with Crippen LogP contribution >= 0.6 is 11.3 Å². The van der Waals surface area contributed by atoms with Crippen LogP contribution in [0.5, 0.6) is 0 Å². The van der Waals surface area contributed by atoms with Gasteiger partial charge in [-0.2, -0.15) is 0 Å². The Labute approximate surface area is 318 Å². The fraction of sp³-hybridized carbons (Fsp3) is 0.0816. The van der Waals surface area contributed by atoms with Gasteiger partial charge in [-0.15, -0.1) is 11.3 Å². The van der Waals surface area contributed by atoms with Crippen LogP contribution < -0.4 is 0 Å². The quantitative estimate of drug-likeness (QED) is 0.158. The van der Waals surface area contributed by atoms with Gasteiger partial charge in [0.25, 0.3) is 0 Å². The van der Waals surface area contributed by atoms with Gasteiger partial charge in [-0.3, -0.25) is 0 Å². The van der Waals surface area contributed by atoms with Crippen molar-refractivity contribution in [3.63, 3.8) is 0 Å². The Kier molecular flexibility index (Phi) is 8.07. The van der Waals surface area contributed by atoms with Crippen molar-refractivity contribution in [1.29, 1.82) is 0 Å². The van der Waals surface area contributed by atoms with Crippen molar-refractivity contribution in [2.75, 3.05) is 0 Å². The molecule has 0 aliphatic carbocycles. The Hall–Kier alpha value is -6.43. The maximum atomic E-state index is 5.18. The minimum absolute atomic E-state index is 0.637. The first-order valence-corrected chi connectivity index (χ1v) is 19.5. The largest absolute Gasteiger partial charge is 0.309 e. The summed E-state index contributed by atoms with van der Waals surface area (Å²) in [5.41, 5.74) is 9.99. The SMILES string of the molecule is CCCCc1ccc(-c2cccc(-c3nc(-c4ccccc4)nc(-c4cccc(-n5c6ccccc6c6ccc7sc8ccccc8c7c65)c4)n3)c2)cc1. The molecule has 3 heterocycles. The second-order valence-corrected chi connectivity index (χ2v) is 15.0. The molecule has 7 aromatic carbocycles. The molecule has 0 saturated heterocycles. The van der Waals surface area contributed by atoms with Crippen LogP contribution in [0.1, 0.15) is 25.3 Å². The van der Waals surface area contributed by atoms with E-state index in [9.17, 15) is 0 Å². The summed E-state index contributed by atoms with van der Waals surface area (Å²) >= 11 is 1.85. The van der Waals surface area contributed by atoms with Gasteiger partial charge in [-0.1, -0.05) is 141 Å². The van der Waals surface area contributed by atoms with Crippen LogP contribution in [-0.4, -0.2) is 19.5 Å². The standard InChI is InChI=1S/C49H36N4S/c1-2-3-13-32-24-26-33(27-25-32)35-16-11-17-36(30-35)48-50-47(34-14-5-4-6-15-34)51-49(52-48)37-18-12-19-38(31-37)53-42-22-9-7-20-39(42)40-28-29-44-45(46(40)53)41-21-8-10-23-43(41)54-44/h4-12,14-31H,2-3,13H2,1H3. The van der Waals surface area contributed by atoms with E-state index in [1.807, 2.05) is 29.5 Å². The maximum Gasteiger partial charge on any atom is 0.164 e. The molecule has 0 radical (unpaired) electrons. The molecule has 0 N–H and O–H groups in total. The minimum Gasteiger partial charge on any atom is -0.309 e. The van der Waals surface area contributed by atoms with Crippen molar-refractivity contribution in [3.8, 4) is 51.0 Å². The van der Waals surface area contributed by atoms with Crippen LogP contribution in [0, 0.1) is 0 Å². The van der Waals surface area contributed by atoms with E-state index in [2.05, 4.69) is 157 Å². The van der Waals surface area contributed by atoms with Crippen molar-refractivity contribution in [1.82, 2.24) is 19.5 Å². The lowest BCUT2D eigenvalue weighted by Crippen LogP contribution is -2.01. The summed E-state index contributed by atoms with van der Waals surface area (Å²) in [6.45, 7) is 2.24. The van der Waals surface area contributed by atoms with E-state index in [0.29, 0.717) is 17.5 Å². The lowest BCUT2D eigenvalue weighted by Gasteiger charge is -2.12. The lowest BCUT2D eigenvalue weighted by molar-refractivity contribution is 0.795. The number of aryl methyl sites for hydroxylation is 1. The Morgan fingerprint density at radius 1 is 0.481 bits per heavy atom. The van der Waals surface area contributed by atoms with Crippen LogP contribution in [-0.2, 0) is 6.42 Å². The van der Waals surface area contributed by atoms with Gasteiger partial charge >= 0.3 is 0 Å². The number of rotatable bonds is 8. The van der Waals surface area contributed by atoms with Crippen LogP contribution in [0.25, 0.3) is 93.0 Å². The van der Waals surface area contributed by atoms with Crippen molar-refractivity contribution in [2.24, 2.45) is 0 Å². The summed E-state index contributed by atoms with van der Waals surface area (Å²) in [4.78, 5) is 15.4. The summed E-state index contributed by atoms with van der Waals surface area (Å²) < 4.78 is 5.00. The zero-order chi connectivity index (χ0) is 36.0. The average Bonchev–Trinajstić information content (AvgIpc) is 3.79. The van der Waals surface area contributed by atoms with Crippen LogP contribution in [0.4, 0.5) is 0 Å². The number of para-hydroxylation sites is 1. The predicted octanol–water partition coefficient (Wildman–Crippen LogP) is 13.3. The summed E-state index contributed by atoms with van der Waals surface area (Å²) in [7, 11) is 0. The highest BCUT2D eigenvalue weighted by atomic mass is 32.1. The average molecular weight is 713 g/mol. The van der Waals surface area contributed by atoms with Gasteiger partial charge in [0.05, 0.1) is 11.0 Å². The lowest BCUT2D eigenvalue weighted by atomic mass is 10.00. The fourth-order valence-electron chi connectivity index (χ4n) is 7.75. The second kappa shape index (κ2) is 13.5. The number of hydrogen-bond acceptors (Lipinski definition) is 4. The second-order valence-electron chi connectivity index (χ2n) is 13.9. The van der Waals surface area contributed by atoms with Gasteiger partial charge in [-0.05, 0) is 65.9 Å². The number of aromatic nitrogens is 4. The highest BCUT2D eigenvalue weighted by Crippen LogP contribution is 2.43. The highest BCUT2D eigenvalue weighted by Gasteiger charge is 2.19. The first-order valence-electron chi connectivity index (χ1n) is 18.7. The molecule has 0 spiro atoms. The number of benzene rings is 7. The molecular formula is C49H36N4S. The van der Waals surface area contributed by atoms with Gasteiger partial charge in [0.1, 0.15) is 0 Å². The number of fused-ring (bicyclic) bond motifs is 7. The molecule has 0 aliphatic heterocycles. The van der Waals surface area contributed by atoms with Crippen molar-refractivity contribution in [3.05, 3.63) is 169 Å². The van der Waals surface area contributed by atoms with Crippen LogP contribution in [0.3, 0.4) is 0 Å². The van der Waals surface area contributed by atoms with Crippen LogP contribution in [0.2, 0.25) is 0 Å². The van der Waals surface area contributed by atoms with E-state index < -0.39 is 0 Å². The molecule has 0 amide bonds. The van der Waals surface area contributed by atoms with E-state index in [0.717, 1.165) is 34.4 Å². The topological polar surface area (TPSA) is 43.6 Å². The third-order valence-electron chi connectivity index (χ3n) is 10.4. The minimum atomic E-state index is 0.637. The Morgan fingerprint density at radius 2 is 1.13 bits per heavy atom. The van der Waals surface area contributed by atoms with E-state index in [1.165, 1.54) is 65.9 Å². The summed E-state index contributed by atoms with van der Waals surface area (Å²) in [5, 5.41) is 5.06. The molecule has 0 aliphatic rings. The molecule has 0 bridgehead atoms. The predicted molar refractivity (Wildman–Crippen MR) is 227 cm³/mol. The molecule has 0 atom stereocenters. The normalized spacial score (nSPS) is 11.6. The van der Waals surface area contributed by atoms with E-state index in [1.54, 1.807) is 0 Å². The first-order chi connectivity index (χ1) is 26.7. The number of unbranched alkanes of at least 4 members (excludes halogenated alkanes) is 1. The van der Waals surface area contributed by atoms with E-state index in [-0.39, 0.29) is 0 Å².